The summed E-state index contributed by atoms with van der Waals surface area (Å²) in [6.07, 6.45) is 4.87. The molecule has 0 fully saturated rings. The van der Waals surface area contributed by atoms with Crippen LogP contribution >= 0.6 is 11.3 Å². The number of para-hydroxylation sites is 1. The number of hydrogen-bond acceptors (Lipinski definition) is 4. The van der Waals surface area contributed by atoms with Crippen LogP contribution in [0.1, 0.15) is 30.1 Å². The Morgan fingerprint density at radius 1 is 1.39 bits per heavy atom. The third-order valence-corrected chi connectivity index (χ3v) is 5.15. The number of benzene rings is 1. The lowest BCUT2D eigenvalue weighted by molar-refractivity contribution is 0.247. The molecular weight excluding hydrogens is 310 g/mol. The number of anilines is 1. The molecule has 2 amide bonds. The molecule has 2 aromatic heterocycles. The van der Waals surface area contributed by atoms with E-state index in [1.807, 2.05) is 42.2 Å². The summed E-state index contributed by atoms with van der Waals surface area (Å²) < 4.78 is 2.96. The Kier molecular flexibility index (Phi) is 3.49. The molecule has 7 heteroatoms. The van der Waals surface area contributed by atoms with E-state index in [2.05, 4.69) is 20.7 Å². The summed E-state index contributed by atoms with van der Waals surface area (Å²) in [5.41, 5.74) is 3.24. The first kappa shape index (κ1) is 14.2. The number of carbonyl (C=O) groups excluding carboxylic acids is 1. The van der Waals surface area contributed by atoms with Gasteiger partial charge in [-0.2, -0.15) is 5.10 Å². The van der Waals surface area contributed by atoms with Crippen LogP contribution in [0.2, 0.25) is 0 Å². The molecule has 1 aliphatic carbocycles. The van der Waals surface area contributed by atoms with Gasteiger partial charge >= 0.3 is 6.03 Å². The zero-order valence-corrected chi connectivity index (χ0v) is 13.6. The highest BCUT2D eigenvalue weighted by Gasteiger charge is 2.24. The van der Waals surface area contributed by atoms with Gasteiger partial charge in [0.2, 0.25) is 0 Å². The Morgan fingerprint density at radius 3 is 3.13 bits per heavy atom. The van der Waals surface area contributed by atoms with E-state index in [4.69, 9.17) is 0 Å². The number of hydrogen-bond donors (Lipinski definition) is 2. The average Bonchev–Trinajstić information content (AvgIpc) is 3.11. The van der Waals surface area contributed by atoms with Crippen LogP contribution in [-0.4, -0.2) is 20.8 Å². The monoisotopic (exact) mass is 327 g/mol. The first-order chi connectivity index (χ1) is 11.2. The van der Waals surface area contributed by atoms with E-state index in [0.717, 1.165) is 35.0 Å². The van der Waals surface area contributed by atoms with Crippen LogP contribution in [-0.2, 0) is 13.5 Å². The summed E-state index contributed by atoms with van der Waals surface area (Å²) in [5.74, 6) is 0. The second kappa shape index (κ2) is 5.66. The number of aromatic nitrogens is 3. The maximum atomic E-state index is 12.3. The molecule has 0 unspecified atom stereocenters. The molecule has 4 rings (SSSR count). The number of aryl methyl sites for hydroxylation is 1. The molecule has 23 heavy (non-hydrogen) atoms. The van der Waals surface area contributed by atoms with Gasteiger partial charge < -0.3 is 5.32 Å². The van der Waals surface area contributed by atoms with E-state index >= 15 is 0 Å². The van der Waals surface area contributed by atoms with Gasteiger partial charge in [0.1, 0.15) is 0 Å². The number of nitrogens with one attached hydrogen (secondary N) is 2. The van der Waals surface area contributed by atoms with Crippen molar-refractivity contribution in [2.75, 3.05) is 5.32 Å². The van der Waals surface area contributed by atoms with Crippen molar-refractivity contribution in [2.24, 2.45) is 7.05 Å². The number of thiazole rings is 1. The fourth-order valence-corrected chi connectivity index (χ4v) is 3.93. The second-order valence-electron chi connectivity index (χ2n) is 5.70. The molecule has 1 aliphatic rings. The van der Waals surface area contributed by atoms with Crippen LogP contribution < -0.4 is 10.6 Å². The van der Waals surface area contributed by atoms with E-state index in [9.17, 15) is 4.79 Å². The van der Waals surface area contributed by atoms with Crippen molar-refractivity contribution in [3.8, 4) is 0 Å². The summed E-state index contributed by atoms with van der Waals surface area (Å²) >= 11 is 1.48. The predicted molar refractivity (Wildman–Crippen MR) is 90.7 cm³/mol. The minimum atomic E-state index is -0.217. The Bertz CT molecular complexity index is 835. The van der Waals surface area contributed by atoms with Crippen LogP contribution in [0, 0.1) is 0 Å². The second-order valence-corrected chi connectivity index (χ2v) is 6.73. The SMILES string of the molecule is Cn1ncc2c1CCC[C@H]2NC(=O)Nc1nc2ccccc2s1. The van der Waals surface area contributed by atoms with Gasteiger partial charge in [-0.25, -0.2) is 9.78 Å². The molecule has 0 spiro atoms. The van der Waals surface area contributed by atoms with E-state index in [-0.39, 0.29) is 12.1 Å². The quantitative estimate of drug-likeness (QED) is 0.759. The topological polar surface area (TPSA) is 71.8 Å². The van der Waals surface area contributed by atoms with Crippen molar-refractivity contribution in [2.45, 2.75) is 25.3 Å². The highest BCUT2D eigenvalue weighted by molar-refractivity contribution is 7.22. The summed E-state index contributed by atoms with van der Waals surface area (Å²) in [6, 6.07) is 7.65. The van der Waals surface area contributed by atoms with Gasteiger partial charge in [0.05, 0.1) is 22.5 Å². The van der Waals surface area contributed by atoms with Gasteiger partial charge in [0, 0.05) is 18.3 Å². The Labute approximate surface area is 137 Å². The van der Waals surface area contributed by atoms with Crippen molar-refractivity contribution in [1.82, 2.24) is 20.1 Å². The minimum Gasteiger partial charge on any atom is -0.331 e. The van der Waals surface area contributed by atoms with Gasteiger partial charge in [0.15, 0.2) is 5.13 Å². The minimum absolute atomic E-state index is 0.0156. The molecule has 1 aromatic carbocycles. The van der Waals surface area contributed by atoms with Crippen molar-refractivity contribution in [3.05, 3.63) is 41.7 Å². The number of fused-ring (bicyclic) bond motifs is 2. The molecule has 118 valence electrons. The molecule has 0 radical (unpaired) electrons. The lowest BCUT2D eigenvalue weighted by atomic mass is 9.93. The fourth-order valence-electron chi connectivity index (χ4n) is 3.07. The normalized spacial score (nSPS) is 17.0. The van der Waals surface area contributed by atoms with Crippen LogP contribution in [0.15, 0.2) is 30.5 Å². The summed E-state index contributed by atoms with van der Waals surface area (Å²) in [5, 5.41) is 10.8. The lowest BCUT2D eigenvalue weighted by Gasteiger charge is -2.23. The third kappa shape index (κ3) is 2.68. The van der Waals surface area contributed by atoms with Gasteiger partial charge in [-0.3, -0.25) is 10.00 Å². The van der Waals surface area contributed by atoms with E-state index in [1.165, 1.54) is 17.0 Å². The zero-order chi connectivity index (χ0) is 15.8. The molecule has 1 atom stereocenters. The number of rotatable bonds is 2. The molecule has 2 heterocycles. The van der Waals surface area contributed by atoms with E-state index in [0.29, 0.717) is 5.13 Å². The Morgan fingerprint density at radius 2 is 2.26 bits per heavy atom. The van der Waals surface area contributed by atoms with Crippen LogP contribution in [0.5, 0.6) is 0 Å². The highest BCUT2D eigenvalue weighted by atomic mass is 32.1. The molecular formula is C16H17N5OS. The van der Waals surface area contributed by atoms with Gasteiger partial charge in [-0.1, -0.05) is 23.5 Å². The van der Waals surface area contributed by atoms with Crippen LogP contribution in [0.4, 0.5) is 9.93 Å². The third-order valence-electron chi connectivity index (χ3n) is 4.20. The lowest BCUT2D eigenvalue weighted by Crippen LogP contribution is -2.34. The smallest absolute Gasteiger partial charge is 0.321 e. The van der Waals surface area contributed by atoms with Crippen LogP contribution in [0.3, 0.4) is 0 Å². The van der Waals surface area contributed by atoms with Crippen molar-refractivity contribution >= 4 is 32.7 Å². The fraction of sp³-hybridized carbons (Fsp3) is 0.312. The molecule has 2 N–H and O–H groups in total. The first-order valence-corrected chi connectivity index (χ1v) is 8.46. The summed E-state index contributed by atoms with van der Waals surface area (Å²) in [4.78, 5) is 16.7. The molecule has 3 aromatic rings. The zero-order valence-electron chi connectivity index (χ0n) is 12.7. The summed E-state index contributed by atoms with van der Waals surface area (Å²) in [7, 11) is 1.95. The average molecular weight is 327 g/mol. The maximum Gasteiger partial charge on any atom is 0.321 e. The number of urea groups is 1. The maximum absolute atomic E-state index is 12.3. The predicted octanol–water partition coefficient (Wildman–Crippen LogP) is 3.23. The molecule has 0 saturated heterocycles. The standard InChI is InChI=1S/C16H17N5OS/c1-21-13-7-4-6-11(10(13)9-17-21)18-15(22)20-16-19-12-5-2-3-8-14(12)23-16/h2-3,5,8-9,11H,4,6-7H2,1H3,(H2,18,19,20,22)/t11-/m1/s1. The van der Waals surface area contributed by atoms with Gasteiger partial charge in [0.25, 0.3) is 0 Å². The van der Waals surface area contributed by atoms with Crippen molar-refractivity contribution < 1.29 is 4.79 Å². The Hall–Kier alpha value is -2.41. The van der Waals surface area contributed by atoms with Gasteiger partial charge in [-0.15, -0.1) is 0 Å². The molecule has 0 aliphatic heterocycles. The summed E-state index contributed by atoms with van der Waals surface area (Å²) in [6.45, 7) is 0. The van der Waals surface area contributed by atoms with Crippen molar-refractivity contribution in [3.63, 3.8) is 0 Å². The van der Waals surface area contributed by atoms with Crippen molar-refractivity contribution in [1.29, 1.82) is 0 Å². The highest BCUT2D eigenvalue weighted by Crippen LogP contribution is 2.29. The van der Waals surface area contributed by atoms with Gasteiger partial charge in [-0.05, 0) is 31.4 Å². The number of nitrogens with zero attached hydrogens (tertiary/aromatic N) is 3. The Balaban J connectivity index is 1.48. The number of amides is 2. The van der Waals surface area contributed by atoms with Crippen LogP contribution in [0.25, 0.3) is 10.2 Å². The molecule has 0 saturated carbocycles. The molecule has 0 bridgehead atoms. The molecule has 6 nitrogen and oxygen atoms in total. The largest absolute Gasteiger partial charge is 0.331 e. The van der Waals surface area contributed by atoms with E-state index in [1.54, 1.807) is 0 Å². The first-order valence-electron chi connectivity index (χ1n) is 7.64. The number of carbonyl (C=O) groups is 1. The van der Waals surface area contributed by atoms with E-state index < -0.39 is 0 Å².